The second-order valence-corrected chi connectivity index (χ2v) is 7.30. The van der Waals surface area contributed by atoms with E-state index in [4.69, 9.17) is 5.73 Å². The average molecular weight is 286 g/mol. The summed E-state index contributed by atoms with van der Waals surface area (Å²) in [6.45, 7) is 4.30. The zero-order valence-electron chi connectivity index (χ0n) is 11.6. The lowest BCUT2D eigenvalue weighted by Gasteiger charge is -2.32. The standard InChI is InChI=1S/C12H22N4O2S/c1-8-4-5-10(9(2)6-8)15-19(17,18)12-11(13)14-7-16(12)3/h7-10,15H,4-6,13H2,1-3H3. The van der Waals surface area contributed by atoms with E-state index in [1.165, 1.54) is 10.9 Å². The van der Waals surface area contributed by atoms with Gasteiger partial charge in [0.05, 0.1) is 6.33 Å². The molecule has 1 heterocycles. The molecule has 0 aliphatic heterocycles. The Morgan fingerprint density at radius 1 is 1.42 bits per heavy atom. The predicted octanol–water partition coefficient (Wildman–Crippen LogP) is 1.11. The zero-order chi connectivity index (χ0) is 14.2. The van der Waals surface area contributed by atoms with Crippen LogP contribution in [0.1, 0.15) is 33.1 Å². The molecule has 1 fully saturated rings. The van der Waals surface area contributed by atoms with E-state index in [1.54, 1.807) is 7.05 Å². The summed E-state index contributed by atoms with van der Waals surface area (Å²) in [5.74, 6) is 1.05. The highest BCUT2D eigenvalue weighted by atomic mass is 32.2. The number of nitrogen functional groups attached to an aromatic ring is 1. The quantitative estimate of drug-likeness (QED) is 0.871. The maximum atomic E-state index is 12.4. The van der Waals surface area contributed by atoms with Crippen LogP contribution in [0, 0.1) is 11.8 Å². The van der Waals surface area contributed by atoms with Gasteiger partial charge in [-0.2, -0.15) is 0 Å². The molecule has 3 atom stereocenters. The summed E-state index contributed by atoms with van der Waals surface area (Å²) in [4.78, 5) is 3.83. The molecular formula is C12H22N4O2S. The van der Waals surface area contributed by atoms with Gasteiger partial charge in [0.2, 0.25) is 0 Å². The predicted molar refractivity (Wildman–Crippen MR) is 73.9 cm³/mol. The number of rotatable bonds is 3. The van der Waals surface area contributed by atoms with Crippen LogP contribution in [0.3, 0.4) is 0 Å². The molecule has 1 saturated carbocycles. The van der Waals surface area contributed by atoms with Gasteiger partial charge in [-0.25, -0.2) is 18.1 Å². The SMILES string of the molecule is CC1CCC(NS(=O)(=O)c2c(N)ncn2C)C(C)C1. The van der Waals surface area contributed by atoms with Crippen LogP contribution < -0.4 is 10.5 Å². The maximum absolute atomic E-state index is 12.4. The summed E-state index contributed by atoms with van der Waals surface area (Å²) >= 11 is 0. The Bertz CT molecular complexity index is 533. The molecule has 108 valence electrons. The van der Waals surface area contributed by atoms with Crippen molar-refractivity contribution in [1.29, 1.82) is 0 Å². The van der Waals surface area contributed by atoms with E-state index in [0.717, 1.165) is 19.3 Å². The van der Waals surface area contributed by atoms with Gasteiger partial charge in [0, 0.05) is 13.1 Å². The van der Waals surface area contributed by atoms with Crippen molar-refractivity contribution in [3.05, 3.63) is 6.33 Å². The van der Waals surface area contributed by atoms with Crippen molar-refractivity contribution < 1.29 is 8.42 Å². The Kier molecular flexibility index (Phi) is 3.87. The van der Waals surface area contributed by atoms with Crippen LogP contribution in [0.2, 0.25) is 0 Å². The highest BCUT2D eigenvalue weighted by Gasteiger charge is 2.31. The summed E-state index contributed by atoms with van der Waals surface area (Å²) in [6, 6.07) is -0.0181. The molecule has 7 heteroatoms. The van der Waals surface area contributed by atoms with E-state index in [2.05, 4.69) is 23.6 Å². The number of nitrogens with zero attached hydrogens (tertiary/aromatic N) is 2. The van der Waals surface area contributed by atoms with E-state index >= 15 is 0 Å². The van der Waals surface area contributed by atoms with Crippen molar-refractivity contribution >= 4 is 15.8 Å². The van der Waals surface area contributed by atoms with Crippen molar-refractivity contribution in [3.8, 4) is 0 Å². The molecule has 3 unspecified atom stereocenters. The molecule has 0 radical (unpaired) electrons. The van der Waals surface area contributed by atoms with Gasteiger partial charge < -0.3 is 10.3 Å². The van der Waals surface area contributed by atoms with Gasteiger partial charge in [0.1, 0.15) is 0 Å². The van der Waals surface area contributed by atoms with Crippen molar-refractivity contribution in [2.24, 2.45) is 18.9 Å². The molecule has 1 aliphatic carbocycles. The van der Waals surface area contributed by atoms with Crippen molar-refractivity contribution in [3.63, 3.8) is 0 Å². The van der Waals surface area contributed by atoms with Crippen molar-refractivity contribution in [1.82, 2.24) is 14.3 Å². The first-order valence-corrected chi connectivity index (χ1v) is 8.08. The van der Waals surface area contributed by atoms with Gasteiger partial charge in [0.15, 0.2) is 10.8 Å². The smallest absolute Gasteiger partial charge is 0.260 e. The Morgan fingerprint density at radius 3 is 2.63 bits per heavy atom. The molecule has 6 nitrogen and oxygen atoms in total. The Morgan fingerprint density at radius 2 is 2.11 bits per heavy atom. The van der Waals surface area contributed by atoms with Gasteiger partial charge in [-0.1, -0.05) is 13.8 Å². The summed E-state index contributed by atoms with van der Waals surface area (Å²) < 4.78 is 29.0. The molecule has 0 saturated heterocycles. The Labute approximate surface area is 114 Å². The van der Waals surface area contributed by atoms with E-state index in [9.17, 15) is 8.42 Å². The number of anilines is 1. The number of aromatic nitrogens is 2. The van der Waals surface area contributed by atoms with E-state index < -0.39 is 10.0 Å². The molecule has 19 heavy (non-hydrogen) atoms. The third kappa shape index (κ3) is 2.92. The van der Waals surface area contributed by atoms with Crippen LogP contribution >= 0.6 is 0 Å². The number of nitrogens with two attached hydrogens (primary N) is 1. The molecule has 3 N–H and O–H groups in total. The van der Waals surface area contributed by atoms with E-state index in [1.807, 2.05) is 0 Å². The first-order chi connectivity index (χ1) is 8.81. The molecule has 2 rings (SSSR count). The van der Waals surface area contributed by atoms with Gasteiger partial charge in [-0.3, -0.25) is 0 Å². The zero-order valence-corrected chi connectivity index (χ0v) is 12.4. The molecule has 0 bridgehead atoms. The van der Waals surface area contributed by atoms with Crippen LogP contribution in [-0.2, 0) is 17.1 Å². The van der Waals surface area contributed by atoms with Gasteiger partial charge in [0.25, 0.3) is 10.0 Å². The van der Waals surface area contributed by atoms with Crippen LogP contribution in [0.5, 0.6) is 0 Å². The lowest BCUT2D eigenvalue weighted by atomic mass is 9.80. The van der Waals surface area contributed by atoms with Crippen LogP contribution in [-0.4, -0.2) is 24.0 Å². The average Bonchev–Trinajstić information content (AvgIpc) is 2.63. The van der Waals surface area contributed by atoms with E-state index in [-0.39, 0.29) is 16.9 Å². The van der Waals surface area contributed by atoms with E-state index in [0.29, 0.717) is 11.8 Å². The number of imidazole rings is 1. The highest BCUT2D eigenvalue weighted by molar-refractivity contribution is 7.89. The minimum absolute atomic E-state index is 0.0181. The van der Waals surface area contributed by atoms with Gasteiger partial charge in [-0.15, -0.1) is 0 Å². The number of hydrogen-bond acceptors (Lipinski definition) is 4. The molecule has 0 amide bonds. The topological polar surface area (TPSA) is 90.0 Å². The third-order valence-corrected chi connectivity index (χ3v) is 5.52. The summed E-state index contributed by atoms with van der Waals surface area (Å²) in [7, 11) is -1.97. The molecule has 0 spiro atoms. The first kappa shape index (κ1) is 14.3. The van der Waals surface area contributed by atoms with Crippen molar-refractivity contribution in [2.45, 2.75) is 44.2 Å². The first-order valence-electron chi connectivity index (χ1n) is 6.60. The molecule has 1 aromatic rings. The molecule has 0 aromatic carbocycles. The molecule has 1 aliphatic rings. The number of hydrogen-bond donors (Lipinski definition) is 2. The Balaban J connectivity index is 2.18. The number of nitrogens with one attached hydrogen (secondary N) is 1. The molecule has 1 aromatic heterocycles. The molecular weight excluding hydrogens is 264 g/mol. The minimum atomic E-state index is -3.60. The largest absolute Gasteiger partial charge is 0.381 e. The summed E-state index contributed by atoms with van der Waals surface area (Å²) in [5.41, 5.74) is 5.64. The van der Waals surface area contributed by atoms with Crippen LogP contribution in [0.25, 0.3) is 0 Å². The lowest BCUT2D eigenvalue weighted by molar-refractivity contribution is 0.249. The highest BCUT2D eigenvalue weighted by Crippen LogP contribution is 2.30. The summed E-state index contributed by atoms with van der Waals surface area (Å²) in [5, 5.41) is 0.0540. The Hall–Kier alpha value is -1.08. The lowest BCUT2D eigenvalue weighted by Crippen LogP contribution is -2.42. The number of aryl methyl sites for hydroxylation is 1. The van der Waals surface area contributed by atoms with Crippen LogP contribution in [0.15, 0.2) is 11.4 Å². The van der Waals surface area contributed by atoms with Gasteiger partial charge >= 0.3 is 0 Å². The fourth-order valence-corrected chi connectivity index (χ4v) is 4.47. The van der Waals surface area contributed by atoms with Crippen molar-refractivity contribution in [2.75, 3.05) is 5.73 Å². The number of sulfonamides is 1. The van der Waals surface area contributed by atoms with Gasteiger partial charge in [-0.05, 0) is 31.1 Å². The summed E-state index contributed by atoms with van der Waals surface area (Å²) in [6.07, 6.45) is 4.39. The second-order valence-electron chi connectivity index (χ2n) is 5.67. The third-order valence-electron chi connectivity index (χ3n) is 3.90. The van der Waals surface area contributed by atoms with Crippen LogP contribution in [0.4, 0.5) is 5.82 Å². The normalized spacial score (nSPS) is 28.5. The fraction of sp³-hybridized carbons (Fsp3) is 0.750. The fourth-order valence-electron chi connectivity index (χ4n) is 2.86. The minimum Gasteiger partial charge on any atom is -0.381 e. The second kappa shape index (κ2) is 5.13. The maximum Gasteiger partial charge on any atom is 0.260 e. The monoisotopic (exact) mass is 286 g/mol.